The van der Waals surface area contributed by atoms with E-state index in [1.54, 1.807) is 0 Å². The summed E-state index contributed by atoms with van der Waals surface area (Å²) in [5.74, 6) is 0.441. The Morgan fingerprint density at radius 3 is 2.42 bits per heavy atom. The monoisotopic (exact) mass is 633 g/mol. The van der Waals surface area contributed by atoms with E-state index in [1.807, 2.05) is 9.80 Å². The van der Waals surface area contributed by atoms with Crippen LogP contribution in [-0.2, 0) is 9.53 Å². The van der Waals surface area contributed by atoms with Crippen molar-refractivity contribution in [2.45, 2.75) is 112 Å². The summed E-state index contributed by atoms with van der Waals surface area (Å²) in [4.78, 5) is 19.5. The Morgan fingerprint density at radius 2 is 1.72 bits per heavy atom. The maximum Gasteiger partial charge on any atom is 0.223 e. The Balaban J connectivity index is 0.934. The molecule has 5 aliphatic rings. The molecule has 8 atom stereocenters. The number of piperazine rings is 1. The molecule has 5 fully saturated rings. The van der Waals surface area contributed by atoms with Gasteiger partial charge in [-0.2, -0.15) is 0 Å². The van der Waals surface area contributed by atoms with Crippen LogP contribution in [0.15, 0.2) is 0 Å². The molecule has 5 rings (SSSR count). The molecule has 5 unspecified atom stereocenters. The van der Waals surface area contributed by atoms with Crippen LogP contribution in [0.4, 0.5) is 4.39 Å². The second kappa shape index (κ2) is 15.8. The minimum Gasteiger partial charge on any atom is -0.394 e. The number of rotatable bonds is 13. The van der Waals surface area contributed by atoms with Gasteiger partial charge in [0.15, 0.2) is 0 Å². The van der Waals surface area contributed by atoms with Crippen molar-refractivity contribution in [2.24, 2.45) is 11.8 Å². The lowest BCUT2D eigenvalue weighted by Crippen LogP contribution is -2.62. The zero-order valence-electron chi connectivity index (χ0n) is 25.3. The summed E-state index contributed by atoms with van der Waals surface area (Å²) in [7, 11) is 0. The summed E-state index contributed by atoms with van der Waals surface area (Å²) >= 11 is 6.16. The van der Waals surface area contributed by atoms with Crippen LogP contribution in [0.1, 0.15) is 57.8 Å². The molecule has 2 aliphatic carbocycles. The third-order valence-corrected chi connectivity index (χ3v) is 10.7. The predicted molar refractivity (Wildman–Crippen MR) is 160 cm³/mol. The third-order valence-electron chi connectivity index (χ3n) is 10.4. The molecule has 3 saturated heterocycles. The number of carbonyl (C=O) groups is 1. The van der Waals surface area contributed by atoms with Crippen LogP contribution in [-0.4, -0.2) is 154 Å². The smallest absolute Gasteiger partial charge is 0.223 e. The molecule has 248 valence electrons. The number of fused-ring (bicyclic) bond motifs is 1. The number of alkyl halides is 2. The van der Waals surface area contributed by atoms with Crippen LogP contribution in [0.3, 0.4) is 0 Å². The molecule has 11 nitrogen and oxygen atoms in total. The van der Waals surface area contributed by atoms with Gasteiger partial charge >= 0.3 is 0 Å². The molecule has 0 spiro atoms. The van der Waals surface area contributed by atoms with Crippen LogP contribution < -0.4 is 10.6 Å². The van der Waals surface area contributed by atoms with Crippen LogP contribution in [0.5, 0.6) is 0 Å². The number of ether oxygens (including phenoxy) is 1. The largest absolute Gasteiger partial charge is 0.394 e. The molecular formula is C30H53ClFN5O6. The van der Waals surface area contributed by atoms with E-state index in [1.165, 1.54) is 12.8 Å². The third kappa shape index (κ3) is 8.99. The zero-order chi connectivity index (χ0) is 30.5. The lowest BCUT2D eigenvalue weighted by Gasteiger charge is -2.41. The van der Waals surface area contributed by atoms with Crippen LogP contribution >= 0.6 is 11.6 Å². The number of halogens is 2. The van der Waals surface area contributed by atoms with Crippen molar-refractivity contribution in [3.8, 4) is 0 Å². The fourth-order valence-corrected chi connectivity index (χ4v) is 7.76. The van der Waals surface area contributed by atoms with Gasteiger partial charge in [-0.25, -0.2) is 4.39 Å². The van der Waals surface area contributed by atoms with Crippen LogP contribution in [0.2, 0.25) is 0 Å². The molecule has 3 heterocycles. The van der Waals surface area contributed by atoms with E-state index >= 15 is 4.39 Å². The Labute approximate surface area is 260 Å². The van der Waals surface area contributed by atoms with Crippen LogP contribution in [0, 0.1) is 11.8 Å². The number of β-amino-alcohol motifs (C(OH)–C–C–N with tert-alkyl or cyclic N) is 1. The van der Waals surface area contributed by atoms with Gasteiger partial charge in [-0.1, -0.05) is 0 Å². The number of hydrogen-bond acceptors (Lipinski definition) is 10. The summed E-state index contributed by atoms with van der Waals surface area (Å²) in [5.41, 5.74) is 0. The van der Waals surface area contributed by atoms with Crippen molar-refractivity contribution in [2.75, 3.05) is 59.0 Å². The quantitative estimate of drug-likeness (QED) is 0.120. The van der Waals surface area contributed by atoms with Crippen molar-refractivity contribution in [3.63, 3.8) is 0 Å². The van der Waals surface area contributed by atoms with Gasteiger partial charge in [0, 0.05) is 77.3 Å². The molecular weight excluding hydrogens is 581 g/mol. The Bertz CT molecular complexity index is 882. The summed E-state index contributed by atoms with van der Waals surface area (Å²) in [5, 5.41) is 45.9. The maximum absolute atomic E-state index is 15.1. The Kier molecular flexibility index (Phi) is 12.3. The van der Waals surface area contributed by atoms with E-state index in [0.717, 1.165) is 51.9 Å². The maximum atomic E-state index is 15.1. The van der Waals surface area contributed by atoms with Crippen molar-refractivity contribution < 1.29 is 34.3 Å². The first kappa shape index (κ1) is 33.7. The first-order valence-corrected chi connectivity index (χ1v) is 17.0. The van der Waals surface area contributed by atoms with Crippen molar-refractivity contribution in [1.29, 1.82) is 0 Å². The Morgan fingerprint density at radius 1 is 0.977 bits per heavy atom. The Hall–Kier alpha value is -0.670. The molecule has 0 radical (unpaired) electrons. The summed E-state index contributed by atoms with van der Waals surface area (Å²) in [6.07, 6.45) is 2.48. The number of nitrogens with one attached hydrogen (secondary N) is 2. The molecule has 6 N–H and O–H groups in total. The second-order valence-corrected chi connectivity index (χ2v) is 14.1. The highest BCUT2D eigenvalue weighted by Gasteiger charge is 2.51. The first-order chi connectivity index (χ1) is 20.7. The van der Waals surface area contributed by atoms with Gasteiger partial charge in [0.05, 0.1) is 24.2 Å². The molecule has 3 aliphatic heterocycles. The zero-order valence-corrected chi connectivity index (χ0v) is 26.0. The number of carbonyl (C=O) groups excluding carboxylic acids is 1. The normalized spacial score (nSPS) is 36.6. The van der Waals surface area contributed by atoms with Crippen molar-refractivity contribution in [1.82, 2.24) is 25.3 Å². The molecule has 0 aromatic rings. The summed E-state index contributed by atoms with van der Waals surface area (Å²) in [6.45, 7) is 5.11. The number of likely N-dealkylation sites (tertiary alicyclic amines) is 1. The summed E-state index contributed by atoms with van der Waals surface area (Å²) in [6, 6.07) is 0.159. The van der Waals surface area contributed by atoms with E-state index in [0.29, 0.717) is 38.5 Å². The molecule has 0 aromatic heterocycles. The fourth-order valence-electron chi connectivity index (χ4n) is 7.58. The second-order valence-electron chi connectivity index (χ2n) is 13.5. The van der Waals surface area contributed by atoms with Gasteiger partial charge in [0.1, 0.15) is 24.7 Å². The summed E-state index contributed by atoms with van der Waals surface area (Å²) < 4.78 is 21.2. The number of aliphatic hydroxyl groups excluding tert-OH is 4. The SMILES string of the molecule is O=C(CC1CCC(OCCCC2CCN(C3NCC(Cl)CN3)CC2)CC1F)N1CCN(C[C@H](O)[C@H](O)[C@H](O)CO)C2CC21. The van der Waals surface area contributed by atoms with E-state index < -0.39 is 31.1 Å². The highest BCUT2D eigenvalue weighted by Crippen LogP contribution is 2.39. The van der Waals surface area contributed by atoms with E-state index in [4.69, 9.17) is 21.4 Å². The van der Waals surface area contributed by atoms with Gasteiger partial charge in [-0.3, -0.25) is 25.2 Å². The number of amides is 1. The molecule has 0 bridgehead atoms. The first-order valence-electron chi connectivity index (χ1n) is 16.5. The predicted octanol–water partition coefficient (Wildman–Crippen LogP) is -0.164. The number of hydrogen-bond donors (Lipinski definition) is 6. The number of piperidine rings is 1. The molecule has 2 saturated carbocycles. The molecule has 13 heteroatoms. The molecule has 43 heavy (non-hydrogen) atoms. The molecule has 1 amide bonds. The number of nitrogens with zero attached hydrogens (tertiary/aromatic N) is 3. The van der Waals surface area contributed by atoms with Gasteiger partial charge < -0.3 is 30.1 Å². The average molecular weight is 634 g/mol. The van der Waals surface area contributed by atoms with Crippen molar-refractivity contribution in [3.05, 3.63) is 0 Å². The standard InChI is InChI=1S/C30H53ClFN5O6/c31-21-15-33-30(34-16-21)35-7-5-19(6-8-35)2-1-11-43-22-4-3-20(23(32)13-22)12-28(41)37-10-9-36(24-14-25(24)37)17-26(39)29(42)27(40)18-38/h19-27,29-30,33-34,38-40,42H,1-18H2/t20?,21?,22?,23?,24?,25?,26-,27+,29-,30?/m0/s1. The average Bonchev–Trinajstić information content (AvgIpc) is 3.82. The van der Waals surface area contributed by atoms with E-state index in [2.05, 4.69) is 15.5 Å². The van der Waals surface area contributed by atoms with E-state index in [-0.39, 0.29) is 54.6 Å². The lowest BCUT2D eigenvalue weighted by molar-refractivity contribution is -0.136. The van der Waals surface area contributed by atoms with E-state index in [9.17, 15) is 20.1 Å². The van der Waals surface area contributed by atoms with Gasteiger partial charge in [0.25, 0.3) is 0 Å². The van der Waals surface area contributed by atoms with Gasteiger partial charge in [-0.05, 0) is 56.8 Å². The fraction of sp³-hybridized carbons (Fsp3) is 0.967. The molecule has 0 aromatic carbocycles. The minimum atomic E-state index is -1.42. The van der Waals surface area contributed by atoms with Crippen LogP contribution in [0.25, 0.3) is 0 Å². The lowest BCUT2D eigenvalue weighted by atomic mass is 9.83. The minimum absolute atomic E-state index is 0.000191. The van der Waals surface area contributed by atoms with Crippen molar-refractivity contribution >= 4 is 17.5 Å². The highest BCUT2D eigenvalue weighted by molar-refractivity contribution is 6.21. The van der Waals surface area contributed by atoms with Gasteiger partial charge in [0.2, 0.25) is 5.91 Å². The van der Waals surface area contributed by atoms with Gasteiger partial charge in [-0.15, -0.1) is 11.6 Å². The topological polar surface area (TPSA) is 141 Å². The highest BCUT2D eigenvalue weighted by atomic mass is 35.5. The number of aliphatic hydroxyl groups is 4.